The number of hydrazine groups is 1. The highest BCUT2D eigenvalue weighted by molar-refractivity contribution is 9.10. The molecule has 1 rings (SSSR count). The smallest absolute Gasteiger partial charge is 0.328 e. The number of aromatic nitrogens is 2. The second-order valence-electron chi connectivity index (χ2n) is 2.92. The van der Waals surface area contributed by atoms with Crippen molar-refractivity contribution in [3.8, 4) is 0 Å². The van der Waals surface area contributed by atoms with Crippen molar-refractivity contribution in [3.05, 3.63) is 10.7 Å². The van der Waals surface area contributed by atoms with Crippen LogP contribution in [0.1, 0.15) is 6.92 Å². The zero-order chi connectivity index (χ0) is 12.1. The first-order valence-electron chi connectivity index (χ1n) is 4.42. The minimum atomic E-state index is -0.512. The first-order chi connectivity index (χ1) is 7.58. The number of nitrogens with two attached hydrogens (primary N) is 1. The number of carbonyl (C=O) groups is 1. The Morgan fingerprint density at radius 1 is 1.69 bits per heavy atom. The van der Waals surface area contributed by atoms with E-state index in [0.29, 0.717) is 10.3 Å². The summed E-state index contributed by atoms with van der Waals surface area (Å²) in [7, 11) is 1.32. The average Bonchev–Trinajstić information content (AvgIpc) is 2.30. The van der Waals surface area contributed by atoms with Crippen LogP contribution in [0.5, 0.6) is 0 Å². The van der Waals surface area contributed by atoms with E-state index in [4.69, 9.17) is 5.84 Å². The fourth-order valence-corrected chi connectivity index (χ4v) is 1.28. The number of ether oxygens (including phenoxy) is 1. The lowest BCUT2D eigenvalue weighted by Gasteiger charge is -2.13. The number of nitrogens with one attached hydrogen (secondary N) is 2. The normalized spacial score (nSPS) is 11.8. The molecule has 0 saturated heterocycles. The molecule has 4 N–H and O–H groups in total. The quantitative estimate of drug-likeness (QED) is 0.421. The molecule has 0 aliphatic heterocycles. The first kappa shape index (κ1) is 12.7. The van der Waals surface area contributed by atoms with E-state index in [1.807, 2.05) is 0 Å². The van der Waals surface area contributed by atoms with Gasteiger partial charge in [-0.15, -0.1) is 0 Å². The van der Waals surface area contributed by atoms with E-state index in [2.05, 4.69) is 41.4 Å². The maximum atomic E-state index is 11.2. The van der Waals surface area contributed by atoms with Crippen LogP contribution in [0.2, 0.25) is 0 Å². The van der Waals surface area contributed by atoms with Crippen LogP contribution in [0, 0.1) is 0 Å². The summed E-state index contributed by atoms with van der Waals surface area (Å²) in [5.74, 6) is 5.51. The molecule has 1 heterocycles. The number of nitrogen functional groups attached to an aromatic ring is 1. The predicted octanol–water partition coefficient (Wildman–Crippen LogP) is 0.498. The number of hydrogen-bond acceptors (Lipinski definition) is 7. The third-order valence-corrected chi connectivity index (χ3v) is 2.36. The predicted molar refractivity (Wildman–Crippen MR) is 62.6 cm³/mol. The third-order valence-electron chi connectivity index (χ3n) is 1.78. The lowest BCUT2D eigenvalue weighted by molar-refractivity contribution is -0.141. The van der Waals surface area contributed by atoms with Gasteiger partial charge in [0.1, 0.15) is 11.9 Å². The highest BCUT2D eigenvalue weighted by Gasteiger charge is 2.15. The molecule has 0 fully saturated rings. The van der Waals surface area contributed by atoms with Crippen LogP contribution in [-0.2, 0) is 9.53 Å². The zero-order valence-corrected chi connectivity index (χ0v) is 10.4. The Morgan fingerprint density at radius 3 is 2.94 bits per heavy atom. The lowest BCUT2D eigenvalue weighted by Crippen LogP contribution is -2.28. The molecule has 7 nitrogen and oxygen atoms in total. The first-order valence-corrected chi connectivity index (χ1v) is 5.21. The maximum absolute atomic E-state index is 11.2. The number of esters is 1. The molecule has 1 aromatic rings. The van der Waals surface area contributed by atoms with Crippen molar-refractivity contribution < 1.29 is 9.53 Å². The monoisotopic (exact) mass is 289 g/mol. The van der Waals surface area contributed by atoms with Crippen molar-refractivity contribution in [2.24, 2.45) is 5.84 Å². The number of methoxy groups -OCH3 is 1. The zero-order valence-electron chi connectivity index (χ0n) is 8.82. The summed E-state index contributed by atoms with van der Waals surface area (Å²) in [6.07, 6.45) is 1.52. The van der Waals surface area contributed by atoms with Crippen LogP contribution in [0.4, 0.5) is 11.8 Å². The molecule has 1 aromatic heterocycles. The molecule has 0 radical (unpaired) electrons. The van der Waals surface area contributed by atoms with Gasteiger partial charge in [-0.1, -0.05) is 0 Å². The Bertz CT molecular complexity index is 387. The largest absolute Gasteiger partial charge is 0.467 e. The molecular weight excluding hydrogens is 278 g/mol. The number of nitrogens with zero attached hydrogens (tertiary/aromatic N) is 2. The molecule has 1 unspecified atom stereocenters. The maximum Gasteiger partial charge on any atom is 0.328 e. The summed E-state index contributed by atoms with van der Waals surface area (Å²) in [5, 5.41) is 2.87. The van der Waals surface area contributed by atoms with Gasteiger partial charge in [-0.05, 0) is 22.9 Å². The van der Waals surface area contributed by atoms with E-state index in [9.17, 15) is 4.79 Å². The molecule has 0 aromatic carbocycles. The Morgan fingerprint density at radius 2 is 2.38 bits per heavy atom. The molecular formula is C8H12BrN5O2. The third kappa shape index (κ3) is 3.04. The van der Waals surface area contributed by atoms with Crippen LogP contribution >= 0.6 is 15.9 Å². The Labute approximate surface area is 101 Å². The van der Waals surface area contributed by atoms with Crippen LogP contribution in [0.25, 0.3) is 0 Å². The average molecular weight is 290 g/mol. The molecule has 1 atom stereocenters. The fraction of sp³-hybridized carbons (Fsp3) is 0.375. The van der Waals surface area contributed by atoms with Gasteiger partial charge in [0, 0.05) is 6.20 Å². The fourth-order valence-electron chi connectivity index (χ4n) is 0.979. The molecule has 0 saturated carbocycles. The highest BCUT2D eigenvalue weighted by atomic mass is 79.9. The Kier molecular flexibility index (Phi) is 4.44. The van der Waals surface area contributed by atoms with Gasteiger partial charge in [0.25, 0.3) is 0 Å². The van der Waals surface area contributed by atoms with Gasteiger partial charge in [-0.25, -0.2) is 15.6 Å². The van der Waals surface area contributed by atoms with E-state index in [1.54, 1.807) is 6.92 Å². The molecule has 8 heteroatoms. The van der Waals surface area contributed by atoms with Crippen LogP contribution < -0.4 is 16.6 Å². The van der Waals surface area contributed by atoms with E-state index < -0.39 is 6.04 Å². The second kappa shape index (κ2) is 5.61. The van der Waals surface area contributed by atoms with Gasteiger partial charge in [0.15, 0.2) is 0 Å². The molecule has 0 aliphatic rings. The number of hydrogen-bond donors (Lipinski definition) is 3. The van der Waals surface area contributed by atoms with Crippen molar-refractivity contribution in [3.63, 3.8) is 0 Å². The van der Waals surface area contributed by atoms with E-state index in [-0.39, 0.29) is 11.9 Å². The number of carbonyl (C=O) groups excluding carboxylic acids is 1. The molecule has 0 bridgehead atoms. The molecule has 0 aliphatic carbocycles. The topological polar surface area (TPSA) is 102 Å². The Hall–Kier alpha value is -1.41. The van der Waals surface area contributed by atoms with E-state index >= 15 is 0 Å². The summed E-state index contributed by atoms with van der Waals surface area (Å²) in [4.78, 5) is 19.1. The van der Waals surface area contributed by atoms with Gasteiger partial charge < -0.3 is 10.1 Å². The summed E-state index contributed by atoms with van der Waals surface area (Å²) in [6, 6.07) is -0.512. The standard InChI is InChI=1S/C8H12BrN5O2/c1-4(7(15)16-2)12-6-5(9)3-11-8(13-6)14-10/h3-4H,10H2,1-2H3,(H2,11,12,13,14). The van der Waals surface area contributed by atoms with Gasteiger partial charge in [-0.3, -0.25) is 5.43 Å². The summed E-state index contributed by atoms with van der Waals surface area (Å²) in [6.45, 7) is 1.66. The SMILES string of the molecule is COC(=O)C(C)Nc1nc(NN)ncc1Br. The molecule has 0 spiro atoms. The van der Waals surface area contributed by atoms with Crippen LogP contribution in [0.15, 0.2) is 10.7 Å². The number of halogens is 1. The summed E-state index contributed by atoms with van der Waals surface area (Å²) >= 11 is 3.25. The van der Waals surface area contributed by atoms with Gasteiger partial charge in [0.05, 0.1) is 11.6 Å². The van der Waals surface area contributed by atoms with Crippen molar-refractivity contribution in [2.45, 2.75) is 13.0 Å². The van der Waals surface area contributed by atoms with E-state index in [0.717, 1.165) is 0 Å². The Balaban J connectivity index is 2.83. The van der Waals surface area contributed by atoms with Crippen LogP contribution in [-0.4, -0.2) is 29.1 Å². The van der Waals surface area contributed by atoms with Crippen molar-refractivity contribution in [1.82, 2.24) is 9.97 Å². The van der Waals surface area contributed by atoms with Crippen LogP contribution in [0.3, 0.4) is 0 Å². The molecule has 88 valence electrons. The van der Waals surface area contributed by atoms with Gasteiger partial charge in [-0.2, -0.15) is 4.98 Å². The number of rotatable bonds is 4. The van der Waals surface area contributed by atoms with Crippen molar-refractivity contribution >= 4 is 33.7 Å². The second-order valence-corrected chi connectivity index (χ2v) is 3.78. The molecule has 16 heavy (non-hydrogen) atoms. The summed E-state index contributed by atoms with van der Waals surface area (Å²) in [5.41, 5.74) is 2.31. The number of anilines is 2. The lowest BCUT2D eigenvalue weighted by atomic mass is 10.3. The summed E-state index contributed by atoms with van der Waals surface area (Å²) < 4.78 is 5.21. The molecule has 0 amide bonds. The minimum Gasteiger partial charge on any atom is -0.467 e. The highest BCUT2D eigenvalue weighted by Crippen LogP contribution is 2.20. The van der Waals surface area contributed by atoms with Gasteiger partial charge in [0.2, 0.25) is 5.95 Å². The van der Waals surface area contributed by atoms with E-state index in [1.165, 1.54) is 13.3 Å². The minimum absolute atomic E-state index is 0.253. The van der Waals surface area contributed by atoms with Crippen molar-refractivity contribution in [2.75, 3.05) is 17.9 Å². The van der Waals surface area contributed by atoms with Gasteiger partial charge >= 0.3 is 5.97 Å². The van der Waals surface area contributed by atoms with Crippen molar-refractivity contribution in [1.29, 1.82) is 0 Å².